The largest absolute Gasteiger partial charge is 0.481 e. The molecular formula is C10H16O5. The van der Waals surface area contributed by atoms with Crippen molar-refractivity contribution in [3.63, 3.8) is 0 Å². The van der Waals surface area contributed by atoms with E-state index >= 15 is 0 Å². The molecule has 1 rings (SSSR count). The number of aliphatic carboxylic acids is 1. The summed E-state index contributed by atoms with van der Waals surface area (Å²) in [7, 11) is 1.31. The average molecular weight is 216 g/mol. The van der Waals surface area contributed by atoms with E-state index in [0.29, 0.717) is 13.2 Å². The Morgan fingerprint density at radius 2 is 2.27 bits per heavy atom. The molecular weight excluding hydrogens is 200 g/mol. The minimum absolute atomic E-state index is 0.00310. The first-order valence-electron chi connectivity index (χ1n) is 5.00. The molecule has 0 spiro atoms. The van der Waals surface area contributed by atoms with E-state index in [1.54, 1.807) is 0 Å². The van der Waals surface area contributed by atoms with Gasteiger partial charge in [0.15, 0.2) is 0 Å². The fraction of sp³-hybridized carbons (Fsp3) is 0.800. The Hall–Kier alpha value is -1.10. The molecule has 1 N–H and O–H groups in total. The Kier molecular flexibility index (Phi) is 4.55. The molecule has 0 amide bonds. The average Bonchev–Trinajstić information content (AvgIpc) is 2.68. The Morgan fingerprint density at radius 3 is 2.73 bits per heavy atom. The highest BCUT2D eigenvalue weighted by atomic mass is 16.5. The summed E-state index contributed by atoms with van der Waals surface area (Å²) in [6.45, 7) is 1.21. The van der Waals surface area contributed by atoms with Gasteiger partial charge in [-0.05, 0) is 18.3 Å². The first-order chi connectivity index (χ1) is 7.13. The summed E-state index contributed by atoms with van der Waals surface area (Å²) in [5.74, 6) is -1.23. The van der Waals surface area contributed by atoms with Crippen LogP contribution < -0.4 is 0 Å². The van der Waals surface area contributed by atoms with E-state index in [1.807, 2.05) is 0 Å². The molecule has 1 aliphatic rings. The Morgan fingerprint density at radius 1 is 1.53 bits per heavy atom. The fourth-order valence-corrected chi connectivity index (χ4v) is 1.85. The van der Waals surface area contributed by atoms with Crippen molar-refractivity contribution in [1.82, 2.24) is 0 Å². The zero-order valence-electron chi connectivity index (χ0n) is 8.77. The lowest BCUT2D eigenvalue weighted by atomic mass is 9.86. The predicted octanol–water partition coefficient (Wildman–Crippen LogP) is 0.677. The normalized spacial score (nSPS) is 22.3. The number of hydrogen-bond donors (Lipinski definition) is 1. The number of hydrogen-bond acceptors (Lipinski definition) is 4. The van der Waals surface area contributed by atoms with Crippen LogP contribution in [0.4, 0.5) is 0 Å². The summed E-state index contributed by atoms with van der Waals surface area (Å²) in [5, 5.41) is 8.74. The van der Waals surface area contributed by atoms with E-state index in [4.69, 9.17) is 9.84 Å². The number of carbonyl (C=O) groups excluding carboxylic acids is 1. The highest BCUT2D eigenvalue weighted by Gasteiger charge is 2.29. The van der Waals surface area contributed by atoms with Crippen molar-refractivity contribution < 1.29 is 24.2 Å². The lowest BCUT2D eigenvalue weighted by molar-refractivity contribution is -0.143. The monoisotopic (exact) mass is 216 g/mol. The van der Waals surface area contributed by atoms with Crippen molar-refractivity contribution in [2.75, 3.05) is 20.3 Å². The number of ether oxygens (including phenoxy) is 2. The molecule has 86 valence electrons. The number of carboxylic acid groups (broad SMARTS) is 1. The molecule has 1 heterocycles. The van der Waals surface area contributed by atoms with E-state index in [-0.39, 0.29) is 30.6 Å². The van der Waals surface area contributed by atoms with Crippen molar-refractivity contribution in [2.45, 2.75) is 19.3 Å². The van der Waals surface area contributed by atoms with Gasteiger partial charge >= 0.3 is 11.9 Å². The smallest absolute Gasteiger partial charge is 0.305 e. The number of carbonyl (C=O) groups is 2. The first kappa shape index (κ1) is 12.0. The summed E-state index contributed by atoms with van der Waals surface area (Å²) >= 11 is 0. The second kappa shape index (κ2) is 5.70. The minimum atomic E-state index is -0.879. The van der Waals surface area contributed by atoms with E-state index < -0.39 is 5.97 Å². The third-order valence-electron chi connectivity index (χ3n) is 2.72. The van der Waals surface area contributed by atoms with Crippen molar-refractivity contribution in [2.24, 2.45) is 11.8 Å². The lowest BCUT2D eigenvalue weighted by Crippen LogP contribution is -2.22. The predicted molar refractivity (Wildman–Crippen MR) is 51.3 cm³/mol. The molecule has 0 aromatic carbocycles. The molecule has 5 heteroatoms. The topological polar surface area (TPSA) is 72.8 Å². The molecule has 0 aliphatic carbocycles. The van der Waals surface area contributed by atoms with E-state index in [0.717, 1.165) is 6.42 Å². The van der Waals surface area contributed by atoms with Crippen LogP contribution in [-0.2, 0) is 19.1 Å². The highest BCUT2D eigenvalue weighted by Crippen LogP contribution is 2.27. The van der Waals surface area contributed by atoms with Crippen LogP contribution in [0.5, 0.6) is 0 Å². The van der Waals surface area contributed by atoms with Crippen molar-refractivity contribution in [1.29, 1.82) is 0 Å². The van der Waals surface area contributed by atoms with Crippen LogP contribution in [-0.4, -0.2) is 37.4 Å². The SMILES string of the molecule is COC(=O)CC(CC(=O)O)C1CCOC1. The van der Waals surface area contributed by atoms with Crippen LogP contribution in [0.3, 0.4) is 0 Å². The van der Waals surface area contributed by atoms with Gasteiger partial charge in [-0.1, -0.05) is 0 Å². The third-order valence-corrected chi connectivity index (χ3v) is 2.72. The van der Waals surface area contributed by atoms with Crippen molar-refractivity contribution >= 4 is 11.9 Å². The van der Waals surface area contributed by atoms with Crippen LogP contribution >= 0.6 is 0 Å². The zero-order chi connectivity index (χ0) is 11.3. The second-order valence-electron chi connectivity index (χ2n) is 3.76. The summed E-state index contributed by atoms with van der Waals surface area (Å²) in [4.78, 5) is 21.7. The van der Waals surface area contributed by atoms with Gasteiger partial charge in [0, 0.05) is 26.1 Å². The van der Waals surface area contributed by atoms with Gasteiger partial charge in [-0.15, -0.1) is 0 Å². The molecule has 1 saturated heterocycles. The van der Waals surface area contributed by atoms with Gasteiger partial charge in [-0.2, -0.15) is 0 Å². The Balaban J connectivity index is 2.51. The van der Waals surface area contributed by atoms with E-state index in [1.165, 1.54) is 7.11 Å². The molecule has 0 aromatic heterocycles. The van der Waals surface area contributed by atoms with Crippen LogP contribution in [0, 0.1) is 11.8 Å². The van der Waals surface area contributed by atoms with Crippen LogP contribution in [0.1, 0.15) is 19.3 Å². The van der Waals surface area contributed by atoms with Crippen LogP contribution in [0.25, 0.3) is 0 Å². The van der Waals surface area contributed by atoms with Gasteiger partial charge in [0.1, 0.15) is 0 Å². The molecule has 1 fully saturated rings. The standard InChI is InChI=1S/C10H16O5/c1-14-10(13)5-8(4-9(11)12)7-2-3-15-6-7/h7-8H,2-6H2,1H3,(H,11,12). The maximum absolute atomic E-state index is 11.1. The minimum Gasteiger partial charge on any atom is -0.481 e. The van der Waals surface area contributed by atoms with Crippen LogP contribution in [0.2, 0.25) is 0 Å². The van der Waals surface area contributed by atoms with Gasteiger partial charge in [0.25, 0.3) is 0 Å². The van der Waals surface area contributed by atoms with Gasteiger partial charge in [0.2, 0.25) is 0 Å². The van der Waals surface area contributed by atoms with E-state index in [9.17, 15) is 9.59 Å². The van der Waals surface area contributed by atoms with Gasteiger partial charge in [-0.3, -0.25) is 9.59 Å². The van der Waals surface area contributed by atoms with E-state index in [2.05, 4.69) is 4.74 Å². The summed E-state index contributed by atoms with van der Waals surface area (Å²) in [6.07, 6.45) is 0.995. The second-order valence-corrected chi connectivity index (χ2v) is 3.76. The number of carboxylic acids is 1. The van der Waals surface area contributed by atoms with Crippen molar-refractivity contribution in [3.8, 4) is 0 Å². The highest BCUT2D eigenvalue weighted by molar-refractivity contribution is 5.72. The molecule has 15 heavy (non-hydrogen) atoms. The zero-order valence-corrected chi connectivity index (χ0v) is 8.77. The van der Waals surface area contributed by atoms with Crippen molar-refractivity contribution in [3.05, 3.63) is 0 Å². The lowest BCUT2D eigenvalue weighted by Gasteiger charge is -2.18. The molecule has 0 bridgehead atoms. The fourth-order valence-electron chi connectivity index (χ4n) is 1.85. The maximum Gasteiger partial charge on any atom is 0.305 e. The quantitative estimate of drug-likeness (QED) is 0.684. The number of methoxy groups -OCH3 is 1. The Bertz CT molecular complexity index is 232. The molecule has 2 unspecified atom stereocenters. The maximum atomic E-state index is 11.1. The Labute approximate surface area is 88.4 Å². The summed E-state index contributed by atoms with van der Waals surface area (Å²) < 4.78 is 9.74. The number of esters is 1. The van der Waals surface area contributed by atoms with Crippen LogP contribution in [0.15, 0.2) is 0 Å². The molecule has 2 atom stereocenters. The molecule has 1 aliphatic heterocycles. The molecule has 5 nitrogen and oxygen atoms in total. The number of rotatable bonds is 5. The summed E-state index contributed by atoms with van der Waals surface area (Å²) in [6, 6.07) is 0. The third kappa shape index (κ3) is 3.87. The summed E-state index contributed by atoms with van der Waals surface area (Å²) in [5.41, 5.74) is 0. The van der Waals surface area contributed by atoms with Gasteiger partial charge in [0.05, 0.1) is 7.11 Å². The van der Waals surface area contributed by atoms with Gasteiger partial charge in [-0.25, -0.2) is 0 Å². The molecule has 0 saturated carbocycles. The first-order valence-corrected chi connectivity index (χ1v) is 5.00. The van der Waals surface area contributed by atoms with Gasteiger partial charge < -0.3 is 14.6 Å². The molecule has 0 radical (unpaired) electrons. The molecule has 0 aromatic rings.